The van der Waals surface area contributed by atoms with Gasteiger partial charge < -0.3 is 14.7 Å². The molecule has 5 atom stereocenters. The number of halogens is 2. The van der Waals surface area contributed by atoms with Crippen LogP contribution in [0.2, 0.25) is 0 Å². The van der Waals surface area contributed by atoms with Crippen LogP contribution in [0.25, 0.3) is 0 Å². The van der Waals surface area contributed by atoms with E-state index in [2.05, 4.69) is 35.5 Å². The molecular formula is C33H39F2NO3. The molecule has 3 saturated carbocycles. The number of ether oxygens (including phenoxy) is 1. The number of terminal acetylenes is 1. The summed E-state index contributed by atoms with van der Waals surface area (Å²) in [6, 6.07) is 8.86. The SMILES string of the molecule is C#CC(F)(F)[C@]1(O)CC[C@H]2[C@@H]3CCC4=CC(=NOCCOC)CCC4=C3[C@@H](c3ccc(C4CC4)cc3)C[C@@]21C. The normalized spacial score (nSPS) is 35.1. The first kappa shape index (κ1) is 26.7. The number of benzene rings is 1. The van der Waals surface area contributed by atoms with Gasteiger partial charge in [-0.3, -0.25) is 0 Å². The van der Waals surface area contributed by atoms with E-state index in [1.165, 1.54) is 35.1 Å². The Balaban J connectivity index is 1.42. The molecule has 1 aromatic carbocycles. The van der Waals surface area contributed by atoms with Crippen molar-refractivity contribution >= 4 is 5.71 Å². The van der Waals surface area contributed by atoms with Gasteiger partial charge in [-0.15, -0.1) is 6.42 Å². The Kier molecular flexibility index (Phi) is 6.75. The maximum atomic E-state index is 15.3. The van der Waals surface area contributed by atoms with Crippen molar-refractivity contribution in [1.29, 1.82) is 0 Å². The number of fused-ring (bicyclic) bond motifs is 4. The van der Waals surface area contributed by atoms with Gasteiger partial charge in [0.05, 0.1) is 12.3 Å². The molecule has 0 heterocycles. The topological polar surface area (TPSA) is 51.1 Å². The van der Waals surface area contributed by atoms with Gasteiger partial charge in [0.1, 0.15) is 12.2 Å². The van der Waals surface area contributed by atoms with Crippen molar-refractivity contribution in [3.8, 4) is 12.3 Å². The van der Waals surface area contributed by atoms with Crippen LogP contribution in [0.1, 0.15) is 87.7 Å². The van der Waals surface area contributed by atoms with E-state index >= 15 is 8.78 Å². The fourth-order valence-electron chi connectivity index (χ4n) is 8.35. The summed E-state index contributed by atoms with van der Waals surface area (Å²) < 4.78 is 35.6. The van der Waals surface area contributed by atoms with Gasteiger partial charge in [0.2, 0.25) is 0 Å². The summed E-state index contributed by atoms with van der Waals surface area (Å²) in [5, 5.41) is 16.0. The molecule has 39 heavy (non-hydrogen) atoms. The minimum atomic E-state index is -3.57. The van der Waals surface area contributed by atoms with Crippen LogP contribution in [0, 0.1) is 29.6 Å². The van der Waals surface area contributed by atoms with E-state index in [0.29, 0.717) is 32.0 Å². The van der Waals surface area contributed by atoms with Gasteiger partial charge in [0.15, 0.2) is 0 Å². The molecule has 0 spiro atoms. The van der Waals surface area contributed by atoms with E-state index in [1.54, 1.807) is 13.0 Å². The molecule has 6 rings (SSSR count). The largest absolute Gasteiger partial charge is 0.393 e. The molecule has 0 unspecified atom stereocenters. The van der Waals surface area contributed by atoms with Crippen LogP contribution >= 0.6 is 0 Å². The first-order chi connectivity index (χ1) is 18.7. The molecule has 1 N–H and O–H groups in total. The van der Waals surface area contributed by atoms with Gasteiger partial charge >= 0.3 is 5.92 Å². The fraction of sp³-hybridized carbons (Fsp3) is 0.606. The zero-order chi connectivity index (χ0) is 27.4. The number of hydrogen-bond donors (Lipinski definition) is 1. The van der Waals surface area contributed by atoms with Gasteiger partial charge in [-0.05, 0) is 110 Å². The predicted molar refractivity (Wildman–Crippen MR) is 148 cm³/mol. The van der Waals surface area contributed by atoms with E-state index in [0.717, 1.165) is 37.0 Å². The van der Waals surface area contributed by atoms with Gasteiger partial charge in [-0.1, -0.05) is 41.9 Å². The Labute approximate surface area is 230 Å². The molecule has 3 fully saturated rings. The van der Waals surface area contributed by atoms with E-state index in [-0.39, 0.29) is 24.2 Å². The molecule has 208 valence electrons. The number of aliphatic hydroxyl groups is 1. The molecule has 0 saturated heterocycles. The third-order valence-corrected chi connectivity index (χ3v) is 10.6. The number of alkyl halides is 2. The Morgan fingerprint density at radius 2 is 1.82 bits per heavy atom. The highest BCUT2D eigenvalue weighted by Crippen LogP contribution is 2.69. The summed E-state index contributed by atoms with van der Waals surface area (Å²) in [6.45, 7) is 2.80. The van der Waals surface area contributed by atoms with Crippen LogP contribution in [0.3, 0.4) is 0 Å². The van der Waals surface area contributed by atoms with Crippen molar-refractivity contribution < 1.29 is 23.5 Å². The fourth-order valence-corrected chi connectivity index (χ4v) is 8.35. The van der Waals surface area contributed by atoms with Crippen LogP contribution in [-0.4, -0.2) is 42.7 Å². The minimum Gasteiger partial charge on any atom is -0.393 e. The van der Waals surface area contributed by atoms with Crippen LogP contribution in [0.4, 0.5) is 8.78 Å². The van der Waals surface area contributed by atoms with Crippen LogP contribution in [0.15, 0.2) is 52.2 Å². The third-order valence-electron chi connectivity index (χ3n) is 10.6. The molecule has 1 aromatic rings. The van der Waals surface area contributed by atoms with Crippen LogP contribution < -0.4 is 0 Å². The second-order valence-electron chi connectivity index (χ2n) is 12.5. The molecule has 0 radical (unpaired) electrons. The average Bonchev–Trinajstić information content (AvgIpc) is 3.75. The molecular weight excluding hydrogens is 496 g/mol. The zero-order valence-electron chi connectivity index (χ0n) is 23.0. The van der Waals surface area contributed by atoms with Gasteiger partial charge in [0.25, 0.3) is 0 Å². The summed E-state index contributed by atoms with van der Waals surface area (Å²) in [7, 11) is 1.64. The van der Waals surface area contributed by atoms with Crippen molar-refractivity contribution in [3.63, 3.8) is 0 Å². The van der Waals surface area contributed by atoms with E-state index in [1.807, 2.05) is 6.92 Å². The second-order valence-corrected chi connectivity index (χ2v) is 12.5. The Morgan fingerprint density at radius 3 is 2.51 bits per heavy atom. The number of oxime groups is 1. The molecule has 4 nitrogen and oxygen atoms in total. The van der Waals surface area contributed by atoms with Crippen molar-refractivity contribution in [2.75, 3.05) is 20.3 Å². The first-order valence-electron chi connectivity index (χ1n) is 14.5. The standard InChI is InChI=1S/C33H39F2NO3/c1-4-33(34,35)32(37)16-15-29-27-13-11-24-19-25(36-39-18-17-38-3)12-14-26(24)30(27)28(20-31(29,32)2)23-9-7-22(8-10-23)21-5-6-21/h1,7-10,19,21,27-29,37H,5-6,11-18,20H2,2-3H3/t27-,28+,29-,31-,32-/m0/s1. The highest BCUT2D eigenvalue weighted by atomic mass is 19.3. The number of methoxy groups -OCH3 is 1. The lowest BCUT2D eigenvalue weighted by atomic mass is 9.50. The maximum absolute atomic E-state index is 15.3. The lowest BCUT2D eigenvalue weighted by molar-refractivity contribution is -0.209. The number of hydrogen-bond acceptors (Lipinski definition) is 4. The molecule has 0 amide bonds. The Hall–Kier alpha value is -2.49. The smallest absolute Gasteiger partial charge is 0.336 e. The lowest BCUT2D eigenvalue weighted by Crippen LogP contribution is -2.60. The summed E-state index contributed by atoms with van der Waals surface area (Å²) in [6.07, 6.45) is 14.5. The zero-order valence-corrected chi connectivity index (χ0v) is 23.0. The predicted octanol–water partition coefficient (Wildman–Crippen LogP) is 6.91. The Morgan fingerprint density at radius 1 is 1.08 bits per heavy atom. The molecule has 5 aliphatic carbocycles. The highest BCUT2D eigenvalue weighted by Gasteiger charge is 2.71. The average molecular weight is 536 g/mol. The molecule has 0 aromatic heterocycles. The maximum Gasteiger partial charge on any atom is 0.336 e. The van der Waals surface area contributed by atoms with Gasteiger partial charge in [-0.2, -0.15) is 8.78 Å². The monoisotopic (exact) mass is 535 g/mol. The lowest BCUT2D eigenvalue weighted by Gasteiger charge is -2.55. The van der Waals surface area contributed by atoms with E-state index < -0.39 is 16.9 Å². The second kappa shape index (κ2) is 9.85. The van der Waals surface area contributed by atoms with E-state index in [9.17, 15) is 5.11 Å². The van der Waals surface area contributed by atoms with Crippen LogP contribution in [0.5, 0.6) is 0 Å². The van der Waals surface area contributed by atoms with Crippen molar-refractivity contribution in [3.05, 3.63) is 58.2 Å². The van der Waals surface area contributed by atoms with Crippen molar-refractivity contribution in [2.45, 2.75) is 88.1 Å². The molecule has 5 aliphatic rings. The molecule has 6 heteroatoms. The highest BCUT2D eigenvalue weighted by molar-refractivity contribution is 5.97. The quantitative estimate of drug-likeness (QED) is 0.234. The molecule has 0 bridgehead atoms. The summed E-state index contributed by atoms with van der Waals surface area (Å²) in [5.74, 6) is -1.14. The summed E-state index contributed by atoms with van der Waals surface area (Å²) in [4.78, 5) is 5.45. The Bertz CT molecular complexity index is 1250. The van der Waals surface area contributed by atoms with Crippen LogP contribution in [-0.2, 0) is 9.57 Å². The number of allylic oxidation sites excluding steroid dienone is 4. The number of nitrogens with zero attached hydrogens (tertiary/aromatic N) is 1. The van der Waals surface area contributed by atoms with Crippen molar-refractivity contribution in [2.24, 2.45) is 22.4 Å². The summed E-state index contributed by atoms with van der Waals surface area (Å²) in [5.41, 5.74) is 4.36. The van der Waals surface area contributed by atoms with Gasteiger partial charge in [-0.25, -0.2) is 0 Å². The van der Waals surface area contributed by atoms with Crippen molar-refractivity contribution in [1.82, 2.24) is 0 Å². The minimum absolute atomic E-state index is 0.0276. The summed E-state index contributed by atoms with van der Waals surface area (Å²) >= 11 is 0. The molecule has 0 aliphatic heterocycles. The van der Waals surface area contributed by atoms with Gasteiger partial charge in [0, 0.05) is 18.4 Å². The number of rotatable bonds is 7. The van der Waals surface area contributed by atoms with E-state index in [4.69, 9.17) is 16.0 Å². The third kappa shape index (κ3) is 4.28. The first-order valence-corrected chi connectivity index (χ1v) is 14.5.